The highest BCUT2D eigenvalue weighted by molar-refractivity contribution is 5.33. The number of aryl methyl sites for hydroxylation is 1. The Hall–Kier alpha value is -1.20. The first-order chi connectivity index (χ1) is 7.70. The van der Waals surface area contributed by atoms with Crippen molar-refractivity contribution in [3.05, 3.63) is 17.5 Å². The molecule has 2 N–H and O–H groups in total. The molecule has 0 spiro atoms. The summed E-state index contributed by atoms with van der Waals surface area (Å²) in [7, 11) is 0. The molecular weight excluding hydrogens is 206 g/mol. The number of rotatable bonds is 2. The lowest BCUT2D eigenvalue weighted by Gasteiger charge is -2.30. The lowest BCUT2D eigenvalue weighted by Crippen LogP contribution is -2.39. The number of anilines is 1. The summed E-state index contributed by atoms with van der Waals surface area (Å²) in [5.41, 5.74) is 1.55. The number of piperidine rings is 1. The molecule has 1 aliphatic rings. The molecule has 0 amide bonds. The zero-order chi connectivity index (χ0) is 11.5. The van der Waals surface area contributed by atoms with Crippen LogP contribution in [0, 0.1) is 6.92 Å². The van der Waals surface area contributed by atoms with Gasteiger partial charge in [-0.05, 0) is 19.8 Å². The van der Waals surface area contributed by atoms with Crippen molar-refractivity contribution >= 4 is 5.95 Å². The maximum atomic E-state index is 9.57. The lowest BCUT2D eigenvalue weighted by molar-refractivity contribution is 0.153. The van der Waals surface area contributed by atoms with Gasteiger partial charge in [0.25, 0.3) is 0 Å². The maximum absolute atomic E-state index is 9.57. The van der Waals surface area contributed by atoms with Gasteiger partial charge < -0.3 is 15.1 Å². The summed E-state index contributed by atoms with van der Waals surface area (Å²) in [4.78, 5) is 10.5. The predicted molar refractivity (Wildman–Crippen MR) is 60.1 cm³/mol. The van der Waals surface area contributed by atoms with E-state index in [-0.39, 0.29) is 12.7 Å². The Morgan fingerprint density at radius 2 is 2.38 bits per heavy atom. The van der Waals surface area contributed by atoms with Gasteiger partial charge >= 0.3 is 0 Å². The molecule has 0 bridgehead atoms. The van der Waals surface area contributed by atoms with Crippen LogP contribution in [0.1, 0.15) is 24.1 Å². The fraction of sp³-hybridized carbons (Fsp3) is 0.636. The standard InChI is InChI=1S/C11H17N3O2/c1-8-9(7-15)5-12-11(13-8)14-4-2-3-10(16)6-14/h5,10,15-16H,2-4,6-7H2,1H3. The molecule has 16 heavy (non-hydrogen) atoms. The van der Waals surface area contributed by atoms with Crippen LogP contribution in [-0.4, -0.2) is 39.4 Å². The Bertz CT molecular complexity index is 370. The summed E-state index contributed by atoms with van der Waals surface area (Å²) >= 11 is 0. The van der Waals surface area contributed by atoms with Crippen LogP contribution in [0.4, 0.5) is 5.95 Å². The number of nitrogens with zero attached hydrogens (tertiary/aromatic N) is 3. The van der Waals surface area contributed by atoms with Crippen LogP contribution < -0.4 is 4.90 Å². The van der Waals surface area contributed by atoms with Crippen LogP contribution in [0.5, 0.6) is 0 Å². The van der Waals surface area contributed by atoms with E-state index in [1.165, 1.54) is 0 Å². The summed E-state index contributed by atoms with van der Waals surface area (Å²) in [5, 5.41) is 18.6. The second-order valence-electron chi connectivity index (χ2n) is 4.18. The summed E-state index contributed by atoms with van der Waals surface area (Å²) in [6.07, 6.45) is 3.18. The first kappa shape index (κ1) is 11.3. The van der Waals surface area contributed by atoms with Crippen molar-refractivity contribution in [3.63, 3.8) is 0 Å². The molecule has 5 nitrogen and oxygen atoms in total. The molecule has 1 fully saturated rings. The van der Waals surface area contributed by atoms with Crippen molar-refractivity contribution < 1.29 is 10.2 Å². The van der Waals surface area contributed by atoms with Crippen LogP contribution in [0.15, 0.2) is 6.20 Å². The largest absolute Gasteiger partial charge is 0.392 e. The Labute approximate surface area is 94.8 Å². The lowest BCUT2D eigenvalue weighted by atomic mass is 10.1. The van der Waals surface area contributed by atoms with E-state index in [2.05, 4.69) is 9.97 Å². The highest BCUT2D eigenvalue weighted by Crippen LogP contribution is 2.17. The Balaban J connectivity index is 2.17. The molecule has 1 aliphatic heterocycles. The Morgan fingerprint density at radius 3 is 3.00 bits per heavy atom. The summed E-state index contributed by atoms with van der Waals surface area (Å²) in [6.45, 7) is 3.30. The van der Waals surface area contributed by atoms with Gasteiger partial charge in [0.15, 0.2) is 0 Å². The predicted octanol–water partition coefficient (Wildman–Crippen LogP) is 0.238. The molecule has 2 rings (SSSR count). The second kappa shape index (κ2) is 4.76. The number of hydrogen-bond donors (Lipinski definition) is 2. The minimum Gasteiger partial charge on any atom is -0.392 e. The normalized spacial score (nSPS) is 21.2. The molecule has 0 aromatic carbocycles. The van der Waals surface area contributed by atoms with Gasteiger partial charge in [-0.2, -0.15) is 0 Å². The van der Waals surface area contributed by atoms with Gasteiger partial charge in [0, 0.05) is 30.5 Å². The van der Waals surface area contributed by atoms with Crippen molar-refractivity contribution in [2.45, 2.75) is 32.5 Å². The number of hydrogen-bond acceptors (Lipinski definition) is 5. The fourth-order valence-electron chi connectivity index (χ4n) is 1.92. The topological polar surface area (TPSA) is 69.5 Å². The monoisotopic (exact) mass is 223 g/mol. The van der Waals surface area contributed by atoms with E-state index in [0.717, 1.165) is 30.6 Å². The molecule has 1 saturated heterocycles. The van der Waals surface area contributed by atoms with Crippen LogP contribution in [-0.2, 0) is 6.61 Å². The van der Waals surface area contributed by atoms with Crippen molar-refractivity contribution in [2.75, 3.05) is 18.0 Å². The van der Waals surface area contributed by atoms with E-state index < -0.39 is 0 Å². The Kier molecular flexibility index (Phi) is 3.36. The fourth-order valence-corrected chi connectivity index (χ4v) is 1.92. The summed E-state index contributed by atoms with van der Waals surface area (Å²) in [5.74, 6) is 0.647. The van der Waals surface area contributed by atoms with E-state index in [9.17, 15) is 5.11 Å². The first-order valence-electron chi connectivity index (χ1n) is 5.57. The van der Waals surface area contributed by atoms with Crippen LogP contribution in [0.3, 0.4) is 0 Å². The van der Waals surface area contributed by atoms with Gasteiger partial charge in [0.05, 0.1) is 12.7 Å². The second-order valence-corrected chi connectivity index (χ2v) is 4.18. The van der Waals surface area contributed by atoms with Crippen molar-refractivity contribution in [1.29, 1.82) is 0 Å². The molecule has 5 heteroatoms. The quantitative estimate of drug-likeness (QED) is 0.751. The van der Waals surface area contributed by atoms with Crippen molar-refractivity contribution in [3.8, 4) is 0 Å². The molecule has 2 heterocycles. The molecule has 1 atom stereocenters. The molecule has 88 valence electrons. The highest BCUT2D eigenvalue weighted by atomic mass is 16.3. The third kappa shape index (κ3) is 2.31. The molecular formula is C11H17N3O2. The maximum Gasteiger partial charge on any atom is 0.225 e. The third-order valence-electron chi connectivity index (χ3n) is 2.92. The van der Waals surface area contributed by atoms with Crippen LogP contribution in [0.2, 0.25) is 0 Å². The number of aromatic nitrogens is 2. The van der Waals surface area contributed by atoms with E-state index in [1.807, 2.05) is 11.8 Å². The van der Waals surface area contributed by atoms with Gasteiger partial charge in [-0.3, -0.25) is 0 Å². The Morgan fingerprint density at radius 1 is 1.56 bits per heavy atom. The van der Waals surface area contributed by atoms with E-state index in [1.54, 1.807) is 6.20 Å². The minimum atomic E-state index is -0.282. The van der Waals surface area contributed by atoms with E-state index >= 15 is 0 Å². The van der Waals surface area contributed by atoms with Gasteiger partial charge in [-0.25, -0.2) is 9.97 Å². The SMILES string of the molecule is Cc1nc(N2CCCC(O)C2)ncc1CO. The zero-order valence-corrected chi connectivity index (χ0v) is 9.43. The van der Waals surface area contributed by atoms with Gasteiger partial charge in [-0.1, -0.05) is 0 Å². The summed E-state index contributed by atoms with van der Waals surface area (Å²) < 4.78 is 0. The third-order valence-corrected chi connectivity index (χ3v) is 2.92. The molecule has 0 saturated carbocycles. The van der Waals surface area contributed by atoms with Crippen LogP contribution >= 0.6 is 0 Å². The van der Waals surface area contributed by atoms with E-state index in [0.29, 0.717) is 12.5 Å². The number of β-amino-alcohol motifs (C(OH)–C–C–N with tert-alkyl or cyclic N) is 1. The molecule has 0 aliphatic carbocycles. The van der Waals surface area contributed by atoms with Gasteiger partial charge in [0.2, 0.25) is 5.95 Å². The van der Waals surface area contributed by atoms with Crippen LogP contribution in [0.25, 0.3) is 0 Å². The molecule has 1 aromatic heterocycles. The minimum absolute atomic E-state index is 0.0330. The number of aliphatic hydroxyl groups is 2. The average molecular weight is 223 g/mol. The smallest absolute Gasteiger partial charge is 0.225 e. The van der Waals surface area contributed by atoms with Gasteiger partial charge in [-0.15, -0.1) is 0 Å². The van der Waals surface area contributed by atoms with Crippen molar-refractivity contribution in [2.24, 2.45) is 0 Å². The summed E-state index contributed by atoms with van der Waals surface area (Å²) in [6, 6.07) is 0. The van der Waals surface area contributed by atoms with Gasteiger partial charge in [0.1, 0.15) is 0 Å². The molecule has 1 aromatic rings. The first-order valence-corrected chi connectivity index (χ1v) is 5.57. The highest BCUT2D eigenvalue weighted by Gasteiger charge is 2.20. The van der Waals surface area contributed by atoms with Crippen molar-refractivity contribution in [1.82, 2.24) is 9.97 Å². The van der Waals surface area contributed by atoms with E-state index in [4.69, 9.17) is 5.11 Å². The molecule has 1 unspecified atom stereocenters. The molecule has 0 radical (unpaired) electrons. The average Bonchev–Trinajstić information content (AvgIpc) is 2.29. The number of aliphatic hydroxyl groups excluding tert-OH is 2. The zero-order valence-electron chi connectivity index (χ0n) is 9.43.